The van der Waals surface area contributed by atoms with E-state index >= 15 is 0 Å². The molecule has 1 aromatic carbocycles. The number of alkyl halides is 2. The van der Waals surface area contributed by atoms with Crippen LogP contribution in [0.4, 0.5) is 8.78 Å². The molecule has 0 amide bonds. The van der Waals surface area contributed by atoms with Crippen molar-refractivity contribution < 1.29 is 8.78 Å². The molecule has 0 unspecified atom stereocenters. The van der Waals surface area contributed by atoms with E-state index < -0.39 is 5.92 Å². The zero-order chi connectivity index (χ0) is 14.7. The van der Waals surface area contributed by atoms with Crippen molar-refractivity contribution in [3.05, 3.63) is 34.4 Å². The van der Waals surface area contributed by atoms with E-state index in [9.17, 15) is 8.78 Å². The molecule has 3 rings (SSSR count). The van der Waals surface area contributed by atoms with Gasteiger partial charge in [-0.25, -0.2) is 8.78 Å². The molecule has 2 aliphatic rings. The van der Waals surface area contributed by atoms with Gasteiger partial charge < -0.3 is 4.90 Å². The van der Waals surface area contributed by atoms with E-state index in [1.165, 1.54) is 0 Å². The molecule has 1 aliphatic carbocycles. The van der Waals surface area contributed by atoms with Crippen molar-refractivity contribution in [1.29, 1.82) is 0 Å². The molecule has 0 fully saturated rings. The summed E-state index contributed by atoms with van der Waals surface area (Å²) in [4.78, 5) is 2.26. The maximum absolute atomic E-state index is 14.4. The van der Waals surface area contributed by atoms with Crippen molar-refractivity contribution in [3.8, 4) is 0 Å². The zero-order valence-corrected chi connectivity index (χ0v) is 12.8. The fraction of sp³-hybridized carbons (Fsp3) is 0.647. The Morgan fingerprint density at radius 1 is 1.25 bits per heavy atom. The van der Waals surface area contributed by atoms with Crippen LogP contribution < -0.4 is 0 Å². The lowest BCUT2D eigenvalue weighted by molar-refractivity contribution is -0.0280. The van der Waals surface area contributed by atoms with Gasteiger partial charge in [0.15, 0.2) is 0 Å². The first-order valence-electron chi connectivity index (χ1n) is 7.42. The van der Waals surface area contributed by atoms with Gasteiger partial charge in [0.05, 0.1) is 0 Å². The van der Waals surface area contributed by atoms with Crippen LogP contribution in [0.15, 0.2) is 12.1 Å². The highest BCUT2D eigenvalue weighted by atomic mass is 19.3. The predicted molar refractivity (Wildman–Crippen MR) is 77.3 cm³/mol. The second-order valence-electron chi connectivity index (χ2n) is 7.48. The van der Waals surface area contributed by atoms with E-state index in [2.05, 4.69) is 38.8 Å². The molecule has 110 valence electrons. The van der Waals surface area contributed by atoms with Crippen molar-refractivity contribution in [2.45, 2.75) is 57.4 Å². The van der Waals surface area contributed by atoms with E-state index in [-0.39, 0.29) is 17.8 Å². The van der Waals surface area contributed by atoms with Crippen LogP contribution in [0.2, 0.25) is 0 Å². The van der Waals surface area contributed by atoms with Gasteiger partial charge in [0.1, 0.15) is 0 Å². The molecule has 0 aromatic heterocycles. The summed E-state index contributed by atoms with van der Waals surface area (Å²) in [5, 5.41) is 0. The maximum Gasteiger partial charge on any atom is 0.273 e. The highest BCUT2D eigenvalue weighted by molar-refractivity contribution is 5.48. The quantitative estimate of drug-likeness (QED) is 0.680. The molecule has 1 nitrogen and oxygen atoms in total. The second-order valence-corrected chi connectivity index (χ2v) is 7.48. The molecule has 0 saturated carbocycles. The van der Waals surface area contributed by atoms with Gasteiger partial charge in [-0.2, -0.15) is 0 Å². The van der Waals surface area contributed by atoms with Crippen LogP contribution in [-0.4, -0.2) is 18.5 Å². The van der Waals surface area contributed by atoms with Gasteiger partial charge in [0, 0.05) is 25.1 Å². The summed E-state index contributed by atoms with van der Waals surface area (Å²) in [7, 11) is 2.08. The van der Waals surface area contributed by atoms with Crippen molar-refractivity contribution in [2.75, 3.05) is 13.6 Å². The summed E-state index contributed by atoms with van der Waals surface area (Å²) in [5.41, 5.74) is 3.31. The van der Waals surface area contributed by atoms with Gasteiger partial charge in [0.25, 0.3) is 5.92 Å². The van der Waals surface area contributed by atoms with Gasteiger partial charge in [-0.3, -0.25) is 0 Å². The molecule has 0 N–H and O–H groups in total. The normalized spacial score (nSPS) is 25.4. The molecule has 0 spiro atoms. The van der Waals surface area contributed by atoms with E-state index in [0.29, 0.717) is 12.0 Å². The molecule has 1 aromatic rings. The third-order valence-electron chi connectivity index (χ3n) is 4.71. The Balaban J connectivity index is 2.23. The van der Waals surface area contributed by atoms with E-state index in [0.717, 1.165) is 29.8 Å². The minimum Gasteiger partial charge on any atom is -0.301 e. The Morgan fingerprint density at radius 3 is 2.60 bits per heavy atom. The lowest BCUT2D eigenvalue weighted by atomic mass is 9.73. The zero-order valence-electron chi connectivity index (χ0n) is 12.8. The average molecular weight is 279 g/mol. The Bertz CT molecular complexity index is 543. The second kappa shape index (κ2) is 4.27. The highest BCUT2D eigenvalue weighted by Crippen LogP contribution is 2.49. The van der Waals surface area contributed by atoms with Crippen molar-refractivity contribution >= 4 is 0 Å². The molecule has 3 heteroatoms. The van der Waals surface area contributed by atoms with Crippen LogP contribution in [0.1, 0.15) is 61.8 Å². The van der Waals surface area contributed by atoms with E-state index in [1.807, 2.05) is 0 Å². The molecule has 0 saturated heterocycles. The SMILES string of the molecule is CN1Cc2cc(C(C)(C)C)cc3c2[C@H](CCC3(F)F)C1. The monoisotopic (exact) mass is 279 g/mol. The van der Waals surface area contributed by atoms with Crippen molar-refractivity contribution in [3.63, 3.8) is 0 Å². The molecular weight excluding hydrogens is 256 g/mol. The van der Waals surface area contributed by atoms with Gasteiger partial charge in [-0.15, -0.1) is 0 Å². The maximum atomic E-state index is 14.4. The fourth-order valence-electron chi connectivity index (χ4n) is 3.61. The van der Waals surface area contributed by atoms with Crippen molar-refractivity contribution in [2.24, 2.45) is 0 Å². The summed E-state index contributed by atoms with van der Waals surface area (Å²) in [6.07, 6.45) is 0.595. The number of likely N-dealkylation sites (N-methyl/N-ethyl adjacent to an activating group) is 1. The average Bonchev–Trinajstić information content (AvgIpc) is 2.32. The lowest BCUT2D eigenvalue weighted by Gasteiger charge is -2.40. The van der Waals surface area contributed by atoms with Crippen LogP contribution in [-0.2, 0) is 17.9 Å². The van der Waals surface area contributed by atoms with Crippen LogP contribution in [0.3, 0.4) is 0 Å². The summed E-state index contributed by atoms with van der Waals surface area (Å²) in [6, 6.07) is 3.93. The standard InChI is InChI=1S/C17H23F2N/c1-16(2,3)13-7-12-10-20(4)9-11-5-6-17(18,19)14(8-13)15(11)12/h7-8,11H,5-6,9-10H2,1-4H3/t11-/m1/s1. The number of rotatable bonds is 0. The minimum atomic E-state index is -2.66. The number of nitrogens with zero attached hydrogens (tertiary/aromatic N) is 1. The minimum absolute atomic E-state index is 0.00839. The van der Waals surface area contributed by atoms with Gasteiger partial charge in [0.2, 0.25) is 0 Å². The first kappa shape index (κ1) is 14.0. The molecule has 1 heterocycles. The Kier molecular flexibility index (Phi) is 2.99. The molecular formula is C17H23F2N. The van der Waals surface area contributed by atoms with Crippen LogP contribution in [0, 0.1) is 0 Å². The fourth-order valence-corrected chi connectivity index (χ4v) is 3.61. The molecule has 20 heavy (non-hydrogen) atoms. The van der Waals surface area contributed by atoms with Gasteiger partial charge in [-0.1, -0.05) is 26.8 Å². The summed E-state index contributed by atoms with van der Waals surface area (Å²) >= 11 is 0. The van der Waals surface area contributed by atoms with E-state index in [1.54, 1.807) is 6.07 Å². The molecule has 0 bridgehead atoms. The number of halogens is 2. The largest absolute Gasteiger partial charge is 0.301 e. The summed E-state index contributed by atoms with van der Waals surface area (Å²) < 4.78 is 28.7. The van der Waals surface area contributed by atoms with Crippen LogP contribution in [0.5, 0.6) is 0 Å². The smallest absolute Gasteiger partial charge is 0.273 e. The third kappa shape index (κ3) is 2.16. The number of benzene rings is 1. The predicted octanol–water partition coefficient (Wildman–Crippen LogP) is 4.40. The molecule has 1 aliphatic heterocycles. The number of hydrogen-bond acceptors (Lipinski definition) is 1. The molecule has 0 radical (unpaired) electrons. The van der Waals surface area contributed by atoms with Gasteiger partial charge >= 0.3 is 0 Å². The van der Waals surface area contributed by atoms with Crippen LogP contribution >= 0.6 is 0 Å². The number of hydrogen-bond donors (Lipinski definition) is 0. The highest BCUT2D eigenvalue weighted by Gasteiger charge is 2.43. The Labute approximate surface area is 120 Å². The first-order chi connectivity index (χ1) is 9.18. The Hall–Kier alpha value is -0.960. The van der Waals surface area contributed by atoms with E-state index in [4.69, 9.17) is 0 Å². The Morgan fingerprint density at radius 2 is 1.95 bits per heavy atom. The summed E-state index contributed by atoms with van der Waals surface area (Å²) in [6.45, 7) is 7.97. The first-order valence-corrected chi connectivity index (χ1v) is 7.42. The van der Waals surface area contributed by atoms with Crippen molar-refractivity contribution in [1.82, 2.24) is 4.90 Å². The van der Waals surface area contributed by atoms with Crippen LogP contribution in [0.25, 0.3) is 0 Å². The van der Waals surface area contributed by atoms with Gasteiger partial charge in [-0.05, 0) is 47.6 Å². The lowest BCUT2D eigenvalue weighted by Crippen LogP contribution is -2.37. The third-order valence-corrected chi connectivity index (χ3v) is 4.71. The summed E-state index contributed by atoms with van der Waals surface area (Å²) in [5.74, 6) is -2.37. The topological polar surface area (TPSA) is 3.24 Å². The molecule has 1 atom stereocenters.